The van der Waals surface area contributed by atoms with Gasteiger partial charge in [-0.1, -0.05) is 0 Å². The third-order valence-corrected chi connectivity index (χ3v) is 2.64. The van der Waals surface area contributed by atoms with Crippen molar-refractivity contribution in [3.8, 4) is 0 Å². The average molecular weight is 227 g/mol. The van der Waals surface area contributed by atoms with Gasteiger partial charge in [0.2, 0.25) is 0 Å². The molecule has 0 bridgehead atoms. The summed E-state index contributed by atoms with van der Waals surface area (Å²) in [6.07, 6.45) is 1.34. The molecule has 4 nitrogen and oxygen atoms in total. The quantitative estimate of drug-likeness (QED) is 0.689. The van der Waals surface area contributed by atoms with Crippen LogP contribution in [0.2, 0.25) is 0 Å². The van der Waals surface area contributed by atoms with E-state index in [9.17, 15) is 10.2 Å². The van der Waals surface area contributed by atoms with Gasteiger partial charge in [0.1, 0.15) is 11.8 Å². The average Bonchev–Trinajstić information content (AvgIpc) is 2.70. The molecule has 2 heterocycles. The predicted octanol–water partition coefficient (Wildman–Crippen LogP) is 1.20. The molecule has 2 aromatic heterocycles. The summed E-state index contributed by atoms with van der Waals surface area (Å²) in [4.78, 5) is 7.01. The summed E-state index contributed by atoms with van der Waals surface area (Å²) in [6.45, 7) is 0. The minimum atomic E-state index is -0.986. The molecular formula is C10H11ClN2O2. The number of nitrogens with one attached hydrogen (secondary N) is 1. The lowest BCUT2D eigenvalue weighted by Gasteiger charge is -2.14. The monoisotopic (exact) mass is 226 g/mol. The second-order valence-corrected chi connectivity index (χ2v) is 3.62. The molecule has 0 aliphatic carbocycles. The van der Waals surface area contributed by atoms with E-state index in [1.807, 2.05) is 6.07 Å². The van der Waals surface area contributed by atoms with Gasteiger partial charge in [0.05, 0.1) is 12.0 Å². The third kappa shape index (κ3) is 1.84. The lowest BCUT2D eigenvalue weighted by Crippen LogP contribution is -2.19. The molecule has 2 aromatic rings. The third-order valence-electron chi connectivity index (χ3n) is 2.32. The van der Waals surface area contributed by atoms with Crippen molar-refractivity contribution in [3.05, 3.63) is 30.1 Å². The normalized spacial score (nSPS) is 15.4. The molecule has 3 N–H and O–H groups in total. The van der Waals surface area contributed by atoms with Gasteiger partial charge in [-0.2, -0.15) is 0 Å². The Morgan fingerprint density at radius 3 is 3.00 bits per heavy atom. The van der Waals surface area contributed by atoms with Crippen LogP contribution in [-0.4, -0.2) is 32.2 Å². The fourth-order valence-corrected chi connectivity index (χ4v) is 1.68. The molecule has 0 aliphatic rings. The number of alkyl halides is 1. The van der Waals surface area contributed by atoms with Crippen molar-refractivity contribution in [1.29, 1.82) is 0 Å². The van der Waals surface area contributed by atoms with E-state index in [2.05, 4.69) is 9.97 Å². The minimum Gasteiger partial charge on any atom is -0.389 e. The topological polar surface area (TPSA) is 69.1 Å². The van der Waals surface area contributed by atoms with E-state index in [1.54, 1.807) is 18.5 Å². The Bertz CT molecular complexity index is 457. The maximum atomic E-state index is 9.79. The lowest BCUT2D eigenvalue weighted by molar-refractivity contribution is 0.0336. The van der Waals surface area contributed by atoms with Crippen molar-refractivity contribution in [1.82, 2.24) is 9.97 Å². The standard InChI is InChI=1S/C10H11ClN2O2/c11-4-8(14)9(15)7-5-13-10-6(7)2-1-3-12-10/h1-3,5,8-9,14-15H,4H2,(H,12,13). The molecule has 5 heteroatoms. The molecule has 2 atom stereocenters. The molecule has 0 saturated carbocycles. The first-order valence-corrected chi connectivity index (χ1v) is 5.11. The zero-order chi connectivity index (χ0) is 10.8. The van der Waals surface area contributed by atoms with Crippen molar-refractivity contribution in [2.24, 2.45) is 0 Å². The number of H-pyrrole nitrogens is 1. The number of pyridine rings is 1. The SMILES string of the molecule is OC(CCl)C(O)c1c[nH]c2ncccc12. The summed E-state index contributed by atoms with van der Waals surface area (Å²) in [5.74, 6) is -0.00585. The van der Waals surface area contributed by atoms with Crippen molar-refractivity contribution >= 4 is 22.6 Å². The maximum absolute atomic E-state index is 9.79. The fraction of sp³-hybridized carbons (Fsp3) is 0.300. The second-order valence-electron chi connectivity index (χ2n) is 3.31. The van der Waals surface area contributed by atoms with Gasteiger partial charge >= 0.3 is 0 Å². The summed E-state index contributed by atoms with van der Waals surface area (Å²) in [5, 5.41) is 20.0. The van der Waals surface area contributed by atoms with Gasteiger partial charge in [-0.15, -0.1) is 11.6 Å². The molecular weight excluding hydrogens is 216 g/mol. The highest BCUT2D eigenvalue weighted by Gasteiger charge is 2.20. The van der Waals surface area contributed by atoms with Crippen molar-refractivity contribution in [2.45, 2.75) is 12.2 Å². The van der Waals surface area contributed by atoms with Gasteiger partial charge in [-0.25, -0.2) is 4.98 Å². The molecule has 0 spiro atoms. The summed E-state index contributed by atoms with van der Waals surface area (Å²) in [5.41, 5.74) is 1.31. The first kappa shape index (κ1) is 10.4. The van der Waals surface area contributed by atoms with Crippen LogP contribution in [0.5, 0.6) is 0 Å². The number of fused-ring (bicyclic) bond motifs is 1. The zero-order valence-corrected chi connectivity index (χ0v) is 8.65. The number of aliphatic hydroxyl groups excluding tert-OH is 2. The molecule has 0 amide bonds. The number of halogens is 1. The number of aromatic amines is 1. The van der Waals surface area contributed by atoms with Crippen LogP contribution in [0, 0.1) is 0 Å². The van der Waals surface area contributed by atoms with E-state index in [4.69, 9.17) is 11.6 Å². The number of nitrogens with zero attached hydrogens (tertiary/aromatic N) is 1. The summed E-state index contributed by atoms with van der Waals surface area (Å²) in [7, 11) is 0. The van der Waals surface area contributed by atoms with Gasteiger partial charge in [0, 0.05) is 23.3 Å². The van der Waals surface area contributed by atoms with Gasteiger partial charge in [-0.05, 0) is 12.1 Å². The van der Waals surface area contributed by atoms with Crippen LogP contribution in [0.15, 0.2) is 24.5 Å². The highest BCUT2D eigenvalue weighted by atomic mass is 35.5. The number of hydrogen-bond acceptors (Lipinski definition) is 3. The van der Waals surface area contributed by atoms with Gasteiger partial charge in [0.15, 0.2) is 0 Å². The highest BCUT2D eigenvalue weighted by Crippen LogP contribution is 2.25. The summed E-state index contributed by atoms with van der Waals surface area (Å²) in [6, 6.07) is 3.61. The van der Waals surface area contributed by atoms with Crippen LogP contribution in [0.4, 0.5) is 0 Å². The van der Waals surface area contributed by atoms with E-state index in [0.717, 1.165) is 5.39 Å². The number of hydrogen-bond donors (Lipinski definition) is 3. The fourth-order valence-electron chi connectivity index (χ4n) is 1.51. The van der Waals surface area contributed by atoms with Crippen LogP contribution in [-0.2, 0) is 0 Å². The second kappa shape index (κ2) is 4.18. The molecule has 0 radical (unpaired) electrons. The first-order chi connectivity index (χ1) is 7.24. The van der Waals surface area contributed by atoms with Gasteiger partial charge in [0.25, 0.3) is 0 Å². The maximum Gasteiger partial charge on any atom is 0.137 e. The van der Waals surface area contributed by atoms with Crippen molar-refractivity contribution in [2.75, 3.05) is 5.88 Å². The van der Waals surface area contributed by atoms with E-state index >= 15 is 0 Å². The molecule has 15 heavy (non-hydrogen) atoms. The predicted molar refractivity (Wildman–Crippen MR) is 57.8 cm³/mol. The summed E-state index contributed by atoms with van der Waals surface area (Å²) >= 11 is 5.48. The molecule has 0 aliphatic heterocycles. The molecule has 0 saturated heterocycles. The Balaban J connectivity index is 2.43. The molecule has 80 valence electrons. The molecule has 0 aromatic carbocycles. The van der Waals surface area contributed by atoms with Crippen LogP contribution < -0.4 is 0 Å². The first-order valence-electron chi connectivity index (χ1n) is 4.58. The zero-order valence-electron chi connectivity index (χ0n) is 7.89. The van der Waals surface area contributed by atoms with E-state index in [0.29, 0.717) is 11.2 Å². The highest BCUT2D eigenvalue weighted by molar-refractivity contribution is 6.18. The Hall–Kier alpha value is -1.10. The van der Waals surface area contributed by atoms with Crippen LogP contribution in [0.25, 0.3) is 11.0 Å². The van der Waals surface area contributed by atoms with E-state index in [1.165, 1.54) is 0 Å². The number of rotatable bonds is 3. The molecule has 2 unspecified atom stereocenters. The van der Waals surface area contributed by atoms with E-state index < -0.39 is 12.2 Å². The van der Waals surface area contributed by atoms with Crippen molar-refractivity contribution < 1.29 is 10.2 Å². The lowest BCUT2D eigenvalue weighted by atomic mass is 10.1. The Kier molecular flexibility index (Phi) is 2.90. The molecule has 2 rings (SSSR count). The Morgan fingerprint density at radius 2 is 2.27 bits per heavy atom. The van der Waals surface area contributed by atoms with Crippen molar-refractivity contribution in [3.63, 3.8) is 0 Å². The van der Waals surface area contributed by atoms with Crippen LogP contribution in [0.1, 0.15) is 11.7 Å². The molecule has 0 fully saturated rings. The van der Waals surface area contributed by atoms with E-state index in [-0.39, 0.29) is 5.88 Å². The number of aliphatic hydroxyl groups is 2. The largest absolute Gasteiger partial charge is 0.389 e. The Labute approximate surface area is 91.5 Å². The minimum absolute atomic E-state index is 0.00585. The smallest absolute Gasteiger partial charge is 0.137 e. The van der Waals surface area contributed by atoms with Gasteiger partial charge in [-0.3, -0.25) is 0 Å². The Morgan fingerprint density at radius 1 is 1.47 bits per heavy atom. The van der Waals surface area contributed by atoms with Gasteiger partial charge < -0.3 is 15.2 Å². The van der Waals surface area contributed by atoms with Crippen LogP contribution >= 0.6 is 11.6 Å². The summed E-state index contributed by atoms with van der Waals surface area (Å²) < 4.78 is 0. The van der Waals surface area contributed by atoms with Crippen LogP contribution in [0.3, 0.4) is 0 Å². The number of aromatic nitrogens is 2.